The van der Waals surface area contributed by atoms with Crippen LogP contribution < -0.4 is 5.32 Å². The van der Waals surface area contributed by atoms with Gasteiger partial charge in [0, 0.05) is 26.1 Å². The van der Waals surface area contributed by atoms with E-state index in [0.29, 0.717) is 36.6 Å². The molecule has 5 nitrogen and oxygen atoms in total. The Morgan fingerprint density at radius 3 is 2.74 bits per heavy atom. The number of carbonyl (C=O) groups excluding carboxylic acids is 1. The second-order valence-corrected chi connectivity index (χ2v) is 5.97. The number of benzene rings is 1. The van der Waals surface area contributed by atoms with Crippen LogP contribution in [0.25, 0.3) is 0 Å². The molecule has 0 saturated heterocycles. The fourth-order valence-electron chi connectivity index (χ4n) is 2.20. The van der Waals surface area contributed by atoms with Gasteiger partial charge < -0.3 is 10.4 Å². The van der Waals surface area contributed by atoms with Crippen molar-refractivity contribution in [2.75, 3.05) is 25.0 Å². The van der Waals surface area contributed by atoms with Gasteiger partial charge in [0.15, 0.2) is 0 Å². The molecule has 0 fully saturated rings. The van der Waals surface area contributed by atoms with Crippen molar-refractivity contribution in [3.63, 3.8) is 0 Å². The molecule has 1 heterocycles. The number of aliphatic hydroxyl groups is 1. The number of hydrogen-bond acceptors (Lipinski definition) is 5. The molecule has 0 spiro atoms. The summed E-state index contributed by atoms with van der Waals surface area (Å²) < 4.78 is 0. The highest BCUT2D eigenvalue weighted by atomic mass is 32.1. The minimum atomic E-state index is -0.125. The van der Waals surface area contributed by atoms with Gasteiger partial charge in [-0.05, 0) is 17.0 Å². The summed E-state index contributed by atoms with van der Waals surface area (Å²) in [6.45, 7) is 1.81. The second kappa shape index (κ2) is 9.06. The SMILES string of the molecule is N#Cc1ccsc1NC(=O)CCN(CCO)Cc1ccccc1. The molecule has 0 aliphatic heterocycles. The molecule has 0 saturated carbocycles. The maximum absolute atomic E-state index is 12.0. The molecule has 2 rings (SSSR count). The highest BCUT2D eigenvalue weighted by Gasteiger charge is 2.11. The van der Waals surface area contributed by atoms with Crippen LogP contribution in [0.4, 0.5) is 5.00 Å². The van der Waals surface area contributed by atoms with E-state index in [1.54, 1.807) is 11.4 Å². The van der Waals surface area contributed by atoms with E-state index >= 15 is 0 Å². The van der Waals surface area contributed by atoms with Crippen LogP contribution in [-0.2, 0) is 11.3 Å². The van der Waals surface area contributed by atoms with E-state index in [9.17, 15) is 9.90 Å². The third-order valence-electron chi connectivity index (χ3n) is 3.36. The average molecular weight is 329 g/mol. The van der Waals surface area contributed by atoms with E-state index in [4.69, 9.17) is 5.26 Å². The highest BCUT2D eigenvalue weighted by molar-refractivity contribution is 7.14. The monoisotopic (exact) mass is 329 g/mol. The number of nitrogens with zero attached hydrogens (tertiary/aromatic N) is 2. The van der Waals surface area contributed by atoms with Crippen LogP contribution in [0.2, 0.25) is 0 Å². The lowest BCUT2D eigenvalue weighted by Gasteiger charge is -2.21. The predicted molar refractivity (Wildman–Crippen MR) is 91.1 cm³/mol. The molecule has 1 aromatic heterocycles. The van der Waals surface area contributed by atoms with Gasteiger partial charge in [-0.3, -0.25) is 9.69 Å². The van der Waals surface area contributed by atoms with Gasteiger partial charge in [-0.1, -0.05) is 30.3 Å². The Bertz CT molecular complexity index is 664. The Labute approximate surface area is 139 Å². The number of nitrogens with one attached hydrogen (secondary N) is 1. The number of hydrogen-bond donors (Lipinski definition) is 2. The van der Waals surface area contributed by atoms with Crippen LogP contribution in [0, 0.1) is 11.3 Å². The summed E-state index contributed by atoms with van der Waals surface area (Å²) in [6, 6.07) is 13.7. The second-order valence-electron chi connectivity index (χ2n) is 5.06. The van der Waals surface area contributed by atoms with Crippen LogP contribution in [-0.4, -0.2) is 35.6 Å². The molecule has 1 amide bonds. The average Bonchev–Trinajstić information content (AvgIpc) is 3.01. The topological polar surface area (TPSA) is 76.4 Å². The summed E-state index contributed by atoms with van der Waals surface area (Å²) in [5, 5.41) is 23.3. The Hall–Kier alpha value is -2.20. The van der Waals surface area contributed by atoms with Crippen molar-refractivity contribution < 1.29 is 9.90 Å². The van der Waals surface area contributed by atoms with Crippen molar-refractivity contribution in [3.05, 3.63) is 52.9 Å². The van der Waals surface area contributed by atoms with E-state index in [-0.39, 0.29) is 12.5 Å². The molecule has 23 heavy (non-hydrogen) atoms. The number of anilines is 1. The zero-order valence-corrected chi connectivity index (χ0v) is 13.6. The van der Waals surface area contributed by atoms with Crippen LogP contribution >= 0.6 is 11.3 Å². The molecule has 0 aliphatic rings. The molecule has 2 N–H and O–H groups in total. The van der Waals surface area contributed by atoms with E-state index in [1.165, 1.54) is 11.3 Å². The number of nitriles is 1. The molecule has 0 atom stereocenters. The summed E-state index contributed by atoms with van der Waals surface area (Å²) in [5.41, 5.74) is 1.63. The first kappa shape index (κ1) is 17.2. The third-order valence-corrected chi connectivity index (χ3v) is 4.19. The first-order valence-corrected chi connectivity index (χ1v) is 8.25. The first-order chi connectivity index (χ1) is 11.2. The molecule has 1 aromatic carbocycles. The maximum Gasteiger partial charge on any atom is 0.226 e. The van der Waals surface area contributed by atoms with E-state index in [2.05, 4.69) is 11.4 Å². The van der Waals surface area contributed by atoms with Gasteiger partial charge in [-0.2, -0.15) is 5.26 Å². The minimum absolute atomic E-state index is 0.0535. The van der Waals surface area contributed by atoms with Crippen LogP contribution in [0.3, 0.4) is 0 Å². The van der Waals surface area contributed by atoms with Crippen LogP contribution in [0.1, 0.15) is 17.5 Å². The molecule has 2 aromatic rings. The fraction of sp³-hybridized carbons (Fsp3) is 0.294. The van der Waals surface area contributed by atoms with Gasteiger partial charge in [0.05, 0.1) is 12.2 Å². The lowest BCUT2D eigenvalue weighted by molar-refractivity contribution is -0.116. The van der Waals surface area contributed by atoms with Crippen molar-refractivity contribution in [2.24, 2.45) is 0 Å². The van der Waals surface area contributed by atoms with Gasteiger partial charge in [-0.25, -0.2) is 0 Å². The summed E-state index contributed by atoms with van der Waals surface area (Å²) in [5.74, 6) is -0.125. The number of amides is 1. The quantitative estimate of drug-likeness (QED) is 0.780. The Balaban J connectivity index is 1.86. The normalized spacial score (nSPS) is 10.5. The molecular formula is C17H19N3O2S. The minimum Gasteiger partial charge on any atom is -0.395 e. The van der Waals surface area contributed by atoms with Crippen molar-refractivity contribution in [1.29, 1.82) is 5.26 Å². The molecule has 0 unspecified atom stereocenters. The first-order valence-electron chi connectivity index (χ1n) is 7.37. The van der Waals surface area contributed by atoms with Gasteiger partial charge in [-0.15, -0.1) is 11.3 Å². The fourth-order valence-corrected chi connectivity index (χ4v) is 2.95. The Morgan fingerprint density at radius 1 is 1.26 bits per heavy atom. The Morgan fingerprint density at radius 2 is 2.04 bits per heavy atom. The number of thiophene rings is 1. The predicted octanol–water partition coefficient (Wildman–Crippen LogP) is 2.44. The van der Waals surface area contributed by atoms with E-state index in [0.717, 1.165) is 5.56 Å². The van der Waals surface area contributed by atoms with E-state index < -0.39 is 0 Å². The summed E-state index contributed by atoms with van der Waals surface area (Å²) in [6.07, 6.45) is 0.315. The van der Waals surface area contributed by atoms with Crippen molar-refractivity contribution in [2.45, 2.75) is 13.0 Å². The molecule has 120 valence electrons. The lowest BCUT2D eigenvalue weighted by Crippen LogP contribution is -2.30. The maximum atomic E-state index is 12.0. The molecular weight excluding hydrogens is 310 g/mol. The van der Waals surface area contributed by atoms with Crippen molar-refractivity contribution in [1.82, 2.24) is 4.90 Å². The number of aliphatic hydroxyl groups excluding tert-OH is 1. The lowest BCUT2D eigenvalue weighted by atomic mass is 10.2. The van der Waals surface area contributed by atoms with Gasteiger partial charge in [0.1, 0.15) is 11.1 Å². The zero-order chi connectivity index (χ0) is 16.5. The van der Waals surface area contributed by atoms with Gasteiger partial charge >= 0.3 is 0 Å². The third kappa shape index (κ3) is 5.49. The summed E-state index contributed by atoms with van der Waals surface area (Å²) >= 11 is 1.34. The zero-order valence-electron chi connectivity index (χ0n) is 12.7. The van der Waals surface area contributed by atoms with Gasteiger partial charge in [0.2, 0.25) is 5.91 Å². The highest BCUT2D eigenvalue weighted by Crippen LogP contribution is 2.22. The van der Waals surface area contributed by atoms with Crippen LogP contribution in [0.5, 0.6) is 0 Å². The van der Waals surface area contributed by atoms with Crippen LogP contribution in [0.15, 0.2) is 41.8 Å². The molecule has 0 radical (unpaired) electrons. The smallest absolute Gasteiger partial charge is 0.226 e. The number of carbonyl (C=O) groups is 1. The molecule has 0 aliphatic carbocycles. The summed E-state index contributed by atoms with van der Waals surface area (Å²) in [7, 11) is 0. The van der Waals surface area contributed by atoms with Gasteiger partial charge in [0.25, 0.3) is 0 Å². The largest absolute Gasteiger partial charge is 0.395 e. The number of rotatable bonds is 8. The standard InChI is InChI=1S/C17H19N3O2S/c18-12-15-7-11-23-17(15)19-16(22)6-8-20(9-10-21)13-14-4-2-1-3-5-14/h1-5,7,11,21H,6,8-10,13H2,(H,19,22). The van der Waals surface area contributed by atoms with Crippen molar-refractivity contribution in [3.8, 4) is 6.07 Å². The summed E-state index contributed by atoms with van der Waals surface area (Å²) in [4.78, 5) is 14.1. The van der Waals surface area contributed by atoms with E-state index in [1.807, 2.05) is 35.2 Å². The molecule has 6 heteroatoms. The Kier molecular flexibility index (Phi) is 6.76. The molecule has 0 bridgehead atoms. The van der Waals surface area contributed by atoms with Crippen molar-refractivity contribution >= 4 is 22.2 Å².